The Balaban J connectivity index is 1.11. The van der Waals surface area contributed by atoms with Crippen LogP contribution in [0.3, 0.4) is 0 Å². The molecule has 0 atom stereocenters. The van der Waals surface area contributed by atoms with E-state index in [-0.39, 0.29) is 11.8 Å². The number of nitrogens with one attached hydrogen (secondary N) is 2. The van der Waals surface area contributed by atoms with E-state index in [1.54, 1.807) is 13.3 Å². The molecule has 0 saturated heterocycles. The van der Waals surface area contributed by atoms with Gasteiger partial charge in [-0.05, 0) is 92.0 Å². The second-order valence-corrected chi connectivity index (χ2v) is 10.6. The van der Waals surface area contributed by atoms with Crippen molar-refractivity contribution >= 4 is 28.2 Å². The molecule has 3 aromatic rings. The first-order chi connectivity index (χ1) is 20.1. The van der Waals surface area contributed by atoms with Crippen molar-refractivity contribution in [3.05, 3.63) is 65.6 Å². The van der Waals surface area contributed by atoms with Gasteiger partial charge < -0.3 is 24.5 Å². The maximum Gasteiger partial charge on any atom is 0.220 e. The van der Waals surface area contributed by atoms with Crippen molar-refractivity contribution in [2.75, 3.05) is 26.8 Å². The molecule has 1 heterocycles. The lowest BCUT2D eigenvalue weighted by Gasteiger charge is -2.11. The van der Waals surface area contributed by atoms with Gasteiger partial charge in [-0.25, -0.2) is 0 Å². The lowest BCUT2D eigenvalue weighted by atomic mass is 10.0. The topological polar surface area (TPSA) is 89.8 Å². The average molecular weight is 561 g/mol. The van der Waals surface area contributed by atoms with Crippen molar-refractivity contribution in [2.24, 2.45) is 0 Å². The second kappa shape index (κ2) is 15.9. The van der Waals surface area contributed by atoms with Crippen LogP contribution >= 0.6 is 0 Å². The molecule has 2 amide bonds. The van der Waals surface area contributed by atoms with Crippen LogP contribution in [0.5, 0.6) is 11.5 Å². The monoisotopic (exact) mass is 560 g/mol. The SMILES string of the molecule is CCCCC(=O)NCCC1=CCc2ccc(OCCCCCCOc3ccc4coc(CCC(=O)NC)c4c3)cc21. The normalized spacial score (nSPS) is 12.2. The Morgan fingerprint density at radius 1 is 0.878 bits per heavy atom. The summed E-state index contributed by atoms with van der Waals surface area (Å²) in [6.07, 6.45) is 13.5. The number of carbonyl (C=O) groups is 2. The fourth-order valence-corrected chi connectivity index (χ4v) is 5.12. The number of fused-ring (bicyclic) bond motifs is 2. The van der Waals surface area contributed by atoms with Crippen LogP contribution in [-0.4, -0.2) is 38.6 Å². The summed E-state index contributed by atoms with van der Waals surface area (Å²) in [5.74, 6) is 2.70. The second-order valence-electron chi connectivity index (χ2n) is 10.6. The molecule has 0 unspecified atom stereocenters. The molecule has 0 fully saturated rings. The maximum atomic E-state index is 11.9. The fourth-order valence-electron chi connectivity index (χ4n) is 5.12. The highest BCUT2D eigenvalue weighted by Crippen LogP contribution is 2.32. The summed E-state index contributed by atoms with van der Waals surface area (Å²) in [5, 5.41) is 7.72. The van der Waals surface area contributed by atoms with E-state index in [1.807, 2.05) is 18.2 Å². The Morgan fingerprint density at radius 2 is 1.63 bits per heavy atom. The van der Waals surface area contributed by atoms with Crippen LogP contribution in [0.4, 0.5) is 0 Å². The summed E-state index contributed by atoms with van der Waals surface area (Å²) in [6.45, 7) is 4.14. The molecule has 0 radical (unpaired) electrons. The van der Waals surface area contributed by atoms with Crippen LogP contribution in [0, 0.1) is 0 Å². The average Bonchev–Trinajstić information content (AvgIpc) is 3.59. The summed E-state index contributed by atoms with van der Waals surface area (Å²) < 4.78 is 17.7. The van der Waals surface area contributed by atoms with Crippen LogP contribution in [0.1, 0.15) is 81.6 Å². The zero-order valence-corrected chi connectivity index (χ0v) is 24.6. The van der Waals surface area contributed by atoms with Crippen molar-refractivity contribution in [2.45, 2.75) is 77.6 Å². The largest absolute Gasteiger partial charge is 0.494 e. The van der Waals surface area contributed by atoms with E-state index in [0.717, 1.165) is 79.4 Å². The highest BCUT2D eigenvalue weighted by molar-refractivity contribution is 5.86. The van der Waals surface area contributed by atoms with Gasteiger partial charge in [0.1, 0.15) is 17.3 Å². The number of rotatable bonds is 18. The van der Waals surface area contributed by atoms with Gasteiger partial charge in [0.25, 0.3) is 0 Å². The predicted octanol–water partition coefficient (Wildman–Crippen LogP) is 6.77. The summed E-state index contributed by atoms with van der Waals surface area (Å²) in [4.78, 5) is 23.5. The number of aryl methyl sites for hydroxylation is 1. The third-order valence-electron chi connectivity index (χ3n) is 7.56. The van der Waals surface area contributed by atoms with E-state index in [4.69, 9.17) is 13.9 Å². The number of unbranched alkanes of at least 4 members (excludes halogenated alkanes) is 4. The first-order valence-corrected chi connectivity index (χ1v) is 15.1. The minimum Gasteiger partial charge on any atom is -0.494 e. The summed E-state index contributed by atoms with van der Waals surface area (Å²) in [5.41, 5.74) is 3.89. The van der Waals surface area contributed by atoms with Crippen molar-refractivity contribution in [1.29, 1.82) is 0 Å². The molecule has 0 aliphatic heterocycles. The summed E-state index contributed by atoms with van der Waals surface area (Å²) >= 11 is 0. The molecular weight excluding hydrogens is 516 g/mol. The number of amides is 2. The highest BCUT2D eigenvalue weighted by atomic mass is 16.5. The first-order valence-electron chi connectivity index (χ1n) is 15.1. The van der Waals surface area contributed by atoms with Gasteiger partial charge in [-0.1, -0.05) is 25.5 Å². The van der Waals surface area contributed by atoms with Crippen LogP contribution in [-0.2, 0) is 22.4 Å². The van der Waals surface area contributed by atoms with Crippen molar-refractivity contribution in [3.63, 3.8) is 0 Å². The summed E-state index contributed by atoms with van der Waals surface area (Å²) in [6, 6.07) is 12.4. The summed E-state index contributed by atoms with van der Waals surface area (Å²) in [7, 11) is 1.64. The zero-order chi connectivity index (χ0) is 28.9. The minimum atomic E-state index is 0.00199. The molecule has 1 aromatic heterocycles. The molecule has 2 N–H and O–H groups in total. The quantitative estimate of drug-likeness (QED) is 0.168. The van der Waals surface area contributed by atoms with Gasteiger partial charge in [0.05, 0.1) is 19.5 Å². The number of carbonyl (C=O) groups excluding carboxylic acids is 2. The maximum absolute atomic E-state index is 11.9. The first kappa shape index (κ1) is 30.2. The third-order valence-corrected chi connectivity index (χ3v) is 7.56. The number of hydrogen-bond acceptors (Lipinski definition) is 5. The highest BCUT2D eigenvalue weighted by Gasteiger charge is 2.15. The molecule has 0 bridgehead atoms. The van der Waals surface area contributed by atoms with Gasteiger partial charge >= 0.3 is 0 Å². The third kappa shape index (κ3) is 9.13. The molecule has 1 aliphatic rings. The Labute approximate surface area is 243 Å². The predicted molar refractivity (Wildman–Crippen MR) is 163 cm³/mol. The Kier molecular flexibility index (Phi) is 11.7. The molecule has 7 heteroatoms. The number of benzene rings is 2. The van der Waals surface area contributed by atoms with Gasteiger partial charge in [0.15, 0.2) is 0 Å². The lowest BCUT2D eigenvalue weighted by molar-refractivity contribution is -0.121. The molecule has 0 saturated carbocycles. The molecule has 41 heavy (non-hydrogen) atoms. The van der Waals surface area contributed by atoms with Gasteiger partial charge in [0.2, 0.25) is 11.8 Å². The van der Waals surface area contributed by atoms with Crippen LogP contribution < -0.4 is 20.1 Å². The van der Waals surface area contributed by atoms with E-state index < -0.39 is 0 Å². The van der Waals surface area contributed by atoms with Gasteiger partial charge in [-0.15, -0.1) is 0 Å². The van der Waals surface area contributed by atoms with E-state index >= 15 is 0 Å². The minimum absolute atomic E-state index is 0.00199. The lowest BCUT2D eigenvalue weighted by Crippen LogP contribution is -2.24. The van der Waals surface area contributed by atoms with E-state index in [2.05, 4.69) is 41.8 Å². The molecule has 220 valence electrons. The van der Waals surface area contributed by atoms with Crippen LogP contribution in [0.25, 0.3) is 16.3 Å². The van der Waals surface area contributed by atoms with E-state index in [0.29, 0.717) is 39.0 Å². The van der Waals surface area contributed by atoms with Crippen molar-refractivity contribution in [1.82, 2.24) is 10.6 Å². The van der Waals surface area contributed by atoms with E-state index in [1.165, 1.54) is 16.7 Å². The van der Waals surface area contributed by atoms with Crippen molar-refractivity contribution < 1.29 is 23.5 Å². The fraction of sp³-hybridized carbons (Fsp3) is 0.471. The van der Waals surface area contributed by atoms with Crippen molar-refractivity contribution in [3.8, 4) is 11.5 Å². The molecular formula is C34H44N2O5. The van der Waals surface area contributed by atoms with Gasteiger partial charge in [0, 0.05) is 43.6 Å². The molecule has 2 aromatic carbocycles. The van der Waals surface area contributed by atoms with Crippen LogP contribution in [0.15, 0.2) is 53.2 Å². The number of hydrogen-bond donors (Lipinski definition) is 2. The molecule has 4 rings (SSSR count). The number of furan rings is 1. The zero-order valence-electron chi connectivity index (χ0n) is 24.6. The Hall–Kier alpha value is -3.74. The number of ether oxygens (including phenoxy) is 2. The Bertz CT molecular complexity index is 1330. The standard InChI is InChI=1S/C34H44N2O5/c1-3-4-9-34(38)36-19-18-26-11-10-25-12-14-28(22-30(25)26)39-20-7-5-6-8-21-40-29-15-13-27-24-41-32(31(27)23-29)16-17-33(37)35-2/h11-15,22-24H,3-10,16-21H2,1-2H3,(H,35,37)(H,36,38). The van der Waals surface area contributed by atoms with Crippen LogP contribution in [0.2, 0.25) is 0 Å². The number of allylic oxidation sites excluding steroid dienone is 1. The van der Waals surface area contributed by atoms with Gasteiger partial charge in [-0.2, -0.15) is 0 Å². The molecule has 0 spiro atoms. The molecule has 7 nitrogen and oxygen atoms in total. The van der Waals surface area contributed by atoms with E-state index in [9.17, 15) is 9.59 Å². The molecule has 1 aliphatic carbocycles. The smallest absolute Gasteiger partial charge is 0.220 e. The Morgan fingerprint density at radius 3 is 2.39 bits per heavy atom. The van der Waals surface area contributed by atoms with Gasteiger partial charge in [-0.3, -0.25) is 9.59 Å².